The minimum absolute atomic E-state index is 0.0486. The summed E-state index contributed by atoms with van der Waals surface area (Å²) in [7, 11) is -3.68. The van der Waals surface area contributed by atoms with E-state index in [0.717, 1.165) is 23.7 Å². The summed E-state index contributed by atoms with van der Waals surface area (Å²) >= 11 is 0. The average molecular weight is 464 g/mol. The van der Waals surface area contributed by atoms with E-state index in [1.165, 1.54) is 34.6 Å². The molecule has 1 aliphatic heterocycles. The van der Waals surface area contributed by atoms with Gasteiger partial charge in [0.1, 0.15) is 10.5 Å². The number of aromatic nitrogens is 3. The molecule has 2 N–H and O–H groups in total. The maximum absolute atomic E-state index is 13.4. The van der Waals surface area contributed by atoms with Gasteiger partial charge in [0.2, 0.25) is 10.0 Å². The summed E-state index contributed by atoms with van der Waals surface area (Å²) in [6.07, 6.45) is 7.55. The molecule has 1 aliphatic carbocycles. The van der Waals surface area contributed by atoms with Crippen LogP contribution < -0.4 is 0 Å². The molecule has 33 heavy (non-hydrogen) atoms. The van der Waals surface area contributed by atoms with Crippen molar-refractivity contribution in [3.63, 3.8) is 0 Å². The molecule has 0 saturated carbocycles. The maximum atomic E-state index is 13.4. The molecule has 170 valence electrons. The highest BCUT2D eigenvalue weighted by molar-refractivity contribution is 7.89. The van der Waals surface area contributed by atoms with Crippen molar-refractivity contribution < 1.29 is 13.2 Å². The summed E-state index contributed by atoms with van der Waals surface area (Å²) in [5.41, 5.74) is 4.72. The molecule has 4 aromatic rings. The van der Waals surface area contributed by atoms with E-state index in [1.807, 2.05) is 12.1 Å². The average Bonchev–Trinajstić information content (AvgIpc) is 3.46. The second-order valence-electron chi connectivity index (χ2n) is 8.77. The fourth-order valence-electron chi connectivity index (χ4n) is 5.19. The van der Waals surface area contributed by atoms with Gasteiger partial charge in [-0.15, -0.1) is 0 Å². The second kappa shape index (κ2) is 7.71. The van der Waals surface area contributed by atoms with Crippen molar-refractivity contribution >= 4 is 37.9 Å². The standard InChI is InChI=1S/C24H25N5O3S/c30-24(19-7-3-6-17-16-5-1-2-9-20(16)27-22(17)19)28-11-13-29(14-12-28)33(31,32)21-15-26-23-18(21)8-4-10-25-23/h3-4,6-8,10,15,27H,1-2,5,9,11-14H2,(H,25,26). The number of carbonyl (C=O) groups is 1. The summed E-state index contributed by atoms with van der Waals surface area (Å²) in [6.45, 7) is 1.24. The van der Waals surface area contributed by atoms with E-state index in [4.69, 9.17) is 0 Å². The number of fused-ring (bicyclic) bond motifs is 4. The van der Waals surface area contributed by atoms with Gasteiger partial charge < -0.3 is 14.9 Å². The van der Waals surface area contributed by atoms with Crippen LogP contribution in [0.15, 0.2) is 47.6 Å². The van der Waals surface area contributed by atoms with Crippen LogP contribution in [0.4, 0.5) is 0 Å². The van der Waals surface area contributed by atoms with Gasteiger partial charge in [0, 0.05) is 55.0 Å². The Morgan fingerprint density at radius 3 is 2.61 bits per heavy atom. The van der Waals surface area contributed by atoms with Crippen molar-refractivity contribution in [3.8, 4) is 0 Å². The molecule has 1 amide bonds. The number of pyridine rings is 1. The van der Waals surface area contributed by atoms with E-state index in [0.29, 0.717) is 29.7 Å². The van der Waals surface area contributed by atoms with Crippen LogP contribution in [0, 0.1) is 0 Å². The molecule has 2 aliphatic rings. The van der Waals surface area contributed by atoms with Crippen molar-refractivity contribution in [2.24, 2.45) is 0 Å². The van der Waals surface area contributed by atoms with Crippen LogP contribution in [0.5, 0.6) is 0 Å². The van der Waals surface area contributed by atoms with Crippen molar-refractivity contribution in [2.45, 2.75) is 30.6 Å². The van der Waals surface area contributed by atoms with Crippen molar-refractivity contribution in [1.82, 2.24) is 24.2 Å². The number of aryl methyl sites for hydroxylation is 2. The Labute approximate surface area is 191 Å². The van der Waals surface area contributed by atoms with E-state index < -0.39 is 10.0 Å². The summed E-state index contributed by atoms with van der Waals surface area (Å²) in [5, 5.41) is 1.73. The summed E-state index contributed by atoms with van der Waals surface area (Å²) in [4.78, 5) is 26.0. The van der Waals surface area contributed by atoms with Gasteiger partial charge in [0.25, 0.3) is 5.91 Å². The Bertz CT molecular complexity index is 1480. The number of aromatic amines is 2. The Kier molecular flexibility index (Phi) is 4.77. The molecule has 8 nitrogen and oxygen atoms in total. The first-order valence-electron chi connectivity index (χ1n) is 11.4. The number of carbonyl (C=O) groups excluding carboxylic acids is 1. The number of nitrogens with zero attached hydrogens (tertiary/aromatic N) is 3. The molecule has 0 radical (unpaired) electrons. The lowest BCUT2D eigenvalue weighted by Crippen LogP contribution is -2.50. The molecule has 9 heteroatoms. The quantitative estimate of drug-likeness (QED) is 0.487. The molecule has 6 rings (SSSR count). The van der Waals surface area contributed by atoms with E-state index in [-0.39, 0.29) is 23.9 Å². The number of nitrogens with one attached hydrogen (secondary N) is 2. The van der Waals surface area contributed by atoms with Crippen LogP contribution in [-0.2, 0) is 22.9 Å². The van der Waals surface area contributed by atoms with E-state index in [2.05, 4.69) is 21.0 Å². The van der Waals surface area contributed by atoms with Crippen LogP contribution in [0.2, 0.25) is 0 Å². The lowest BCUT2D eigenvalue weighted by Gasteiger charge is -2.34. The second-order valence-corrected chi connectivity index (χ2v) is 10.7. The van der Waals surface area contributed by atoms with E-state index >= 15 is 0 Å². The molecule has 0 atom stereocenters. The van der Waals surface area contributed by atoms with Gasteiger partial charge in [-0.2, -0.15) is 4.31 Å². The fraction of sp³-hybridized carbons (Fsp3) is 0.333. The number of amides is 1. The lowest BCUT2D eigenvalue weighted by atomic mass is 9.95. The van der Waals surface area contributed by atoms with Gasteiger partial charge >= 0.3 is 0 Å². The van der Waals surface area contributed by atoms with Gasteiger partial charge in [0.15, 0.2) is 0 Å². The molecule has 0 spiro atoms. The third-order valence-electron chi connectivity index (χ3n) is 6.92. The number of rotatable bonds is 3. The minimum atomic E-state index is -3.68. The molecule has 1 saturated heterocycles. The van der Waals surface area contributed by atoms with Crippen molar-refractivity contribution in [2.75, 3.05) is 26.2 Å². The Hall–Kier alpha value is -3.17. The Morgan fingerprint density at radius 1 is 0.970 bits per heavy atom. The number of benzene rings is 1. The minimum Gasteiger partial charge on any atom is -0.358 e. The van der Waals surface area contributed by atoms with E-state index in [9.17, 15) is 13.2 Å². The number of hydrogen-bond donors (Lipinski definition) is 2. The predicted molar refractivity (Wildman–Crippen MR) is 126 cm³/mol. The Morgan fingerprint density at radius 2 is 1.76 bits per heavy atom. The van der Waals surface area contributed by atoms with Gasteiger partial charge in [-0.25, -0.2) is 13.4 Å². The van der Waals surface area contributed by atoms with Crippen LogP contribution in [-0.4, -0.2) is 64.7 Å². The summed E-state index contributed by atoms with van der Waals surface area (Å²) in [5.74, 6) is -0.0486. The zero-order valence-corrected chi connectivity index (χ0v) is 19.0. The largest absolute Gasteiger partial charge is 0.358 e. The Balaban J connectivity index is 1.23. The normalized spacial score (nSPS) is 17.5. The van der Waals surface area contributed by atoms with Crippen LogP contribution in [0.25, 0.3) is 21.9 Å². The number of para-hydroxylation sites is 1. The van der Waals surface area contributed by atoms with Gasteiger partial charge in [0.05, 0.1) is 11.1 Å². The molecular formula is C24H25N5O3S. The van der Waals surface area contributed by atoms with E-state index in [1.54, 1.807) is 23.2 Å². The number of piperazine rings is 1. The molecular weight excluding hydrogens is 438 g/mol. The highest BCUT2D eigenvalue weighted by Gasteiger charge is 2.33. The van der Waals surface area contributed by atoms with Crippen LogP contribution >= 0.6 is 0 Å². The summed E-state index contributed by atoms with van der Waals surface area (Å²) in [6, 6.07) is 9.39. The third kappa shape index (κ3) is 3.26. The van der Waals surface area contributed by atoms with Crippen molar-refractivity contribution in [3.05, 3.63) is 59.5 Å². The van der Waals surface area contributed by atoms with Gasteiger partial charge in [-0.3, -0.25) is 4.79 Å². The first-order chi connectivity index (χ1) is 16.0. The molecule has 1 fully saturated rings. The molecule has 1 aromatic carbocycles. The SMILES string of the molecule is O=C(c1cccc2c3c([nH]c12)CCCC3)N1CCN(S(=O)(=O)c2c[nH]c3ncccc23)CC1. The van der Waals surface area contributed by atoms with Crippen LogP contribution in [0.1, 0.15) is 34.5 Å². The zero-order chi connectivity index (χ0) is 22.6. The van der Waals surface area contributed by atoms with Crippen molar-refractivity contribution in [1.29, 1.82) is 0 Å². The third-order valence-corrected chi connectivity index (χ3v) is 8.86. The predicted octanol–water partition coefficient (Wildman–Crippen LogP) is 3.07. The number of H-pyrrole nitrogens is 2. The highest BCUT2D eigenvalue weighted by atomic mass is 32.2. The molecule has 0 bridgehead atoms. The molecule has 3 aromatic heterocycles. The molecule has 0 unspecified atom stereocenters. The topological polar surface area (TPSA) is 102 Å². The summed E-state index contributed by atoms with van der Waals surface area (Å²) < 4.78 is 28.0. The molecule has 4 heterocycles. The first-order valence-corrected chi connectivity index (χ1v) is 12.8. The lowest BCUT2D eigenvalue weighted by molar-refractivity contribution is 0.0699. The highest BCUT2D eigenvalue weighted by Crippen LogP contribution is 2.31. The zero-order valence-electron chi connectivity index (χ0n) is 18.2. The van der Waals surface area contributed by atoms with Gasteiger partial charge in [-0.05, 0) is 49.4 Å². The monoisotopic (exact) mass is 463 g/mol. The maximum Gasteiger partial charge on any atom is 0.256 e. The van der Waals surface area contributed by atoms with Gasteiger partial charge in [-0.1, -0.05) is 12.1 Å². The smallest absolute Gasteiger partial charge is 0.256 e. The van der Waals surface area contributed by atoms with Crippen LogP contribution in [0.3, 0.4) is 0 Å². The first kappa shape index (κ1) is 20.4. The number of sulfonamides is 1. The fourth-order valence-corrected chi connectivity index (χ4v) is 6.77. The number of hydrogen-bond acceptors (Lipinski definition) is 4.